The van der Waals surface area contributed by atoms with E-state index in [-0.39, 0.29) is 11.4 Å². The zero-order valence-corrected chi connectivity index (χ0v) is 12.4. The molecule has 0 spiro atoms. The van der Waals surface area contributed by atoms with Crippen LogP contribution in [0.25, 0.3) is 0 Å². The van der Waals surface area contributed by atoms with Crippen LogP contribution in [0.4, 0.5) is 18.9 Å². The number of carbonyl (C=O) groups is 1. The number of hydrogen-bond acceptors (Lipinski definition) is 3. The standard InChI is InChI=1S/C15H18F3NO3/c1-10-11(7-8-22-10)14(20)19(9-15(16,17)18)12-5-3-4-6-13(12)21-2/h3-6,10-11H,7-9H2,1-2H3/t10-,11+/m0/s1. The van der Waals surface area contributed by atoms with Crippen LogP contribution in [0.15, 0.2) is 24.3 Å². The molecule has 1 aromatic rings. The van der Waals surface area contributed by atoms with Crippen molar-refractivity contribution in [2.75, 3.05) is 25.2 Å². The molecule has 22 heavy (non-hydrogen) atoms. The fraction of sp³-hybridized carbons (Fsp3) is 0.533. The number of hydrogen-bond donors (Lipinski definition) is 0. The van der Waals surface area contributed by atoms with Crippen molar-refractivity contribution < 1.29 is 27.4 Å². The molecular weight excluding hydrogens is 299 g/mol. The van der Waals surface area contributed by atoms with Gasteiger partial charge in [-0.3, -0.25) is 9.69 Å². The number of carbonyl (C=O) groups excluding carboxylic acids is 1. The smallest absolute Gasteiger partial charge is 0.406 e. The van der Waals surface area contributed by atoms with Crippen molar-refractivity contribution in [1.82, 2.24) is 0 Å². The van der Waals surface area contributed by atoms with Crippen LogP contribution in [0, 0.1) is 5.92 Å². The van der Waals surface area contributed by atoms with Gasteiger partial charge in [0.25, 0.3) is 0 Å². The van der Waals surface area contributed by atoms with Gasteiger partial charge in [-0.25, -0.2) is 0 Å². The number of anilines is 1. The first-order chi connectivity index (χ1) is 10.3. The van der Waals surface area contributed by atoms with Gasteiger partial charge in [0.1, 0.15) is 12.3 Å². The Kier molecular flexibility index (Phi) is 4.95. The van der Waals surface area contributed by atoms with E-state index in [2.05, 4.69) is 0 Å². The van der Waals surface area contributed by atoms with E-state index in [4.69, 9.17) is 9.47 Å². The summed E-state index contributed by atoms with van der Waals surface area (Å²) < 4.78 is 49.1. The summed E-state index contributed by atoms with van der Waals surface area (Å²) in [6.07, 6.45) is -4.47. The van der Waals surface area contributed by atoms with Gasteiger partial charge in [-0.2, -0.15) is 13.2 Å². The van der Waals surface area contributed by atoms with Gasteiger partial charge < -0.3 is 9.47 Å². The molecule has 4 nitrogen and oxygen atoms in total. The molecular formula is C15H18F3NO3. The molecule has 0 saturated carbocycles. The molecule has 0 bridgehead atoms. The second-order valence-corrected chi connectivity index (χ2v) is 5.18. The molecule has 122 valence electrons. The molecule has 1 amide bonds. The van der Waals surface area contributed by atoms with Crippen molar-refractivity contribution in [2.24, 2.45) is 5.92 Å². The minimum absolute atomic E-state index is 0.117. The molecule has 0 aliphatic carbocycles. The van der Waals surface area contributed by atoms with Crippen LogP contribution in [0.5, 0.6) is 5.75 Å². The summed E-state index contributed by atoms with van der Waals surface area (Å²) in [6.45, 7) is 0.725. The Hall–Kier alpha value is -1.76. The average molecular weight is 317 g/mol. The number of methoxy groups -OCH3 is 1. The normalized spacial score (nSPS) is 21.7. The molecule has 1 saturated heterocycles. The fourth-order valence-electron chi connectivity index (χ4n) is 2.57. The monoisotopic (exact) mass is 317 g/mol. The Morgan fingerprint density at radius 2 is 2.09 bits per heavy atom. The summed E-state index contributed by atoms with van der Waals surface area (Å²) in [4.78, 5) is 13.3. The predicted molar refractivity (Wildman–Crippen MR) is 74.9 cm³/mol. The van der Waals surface area contributed by atoms with Gasteiger partial charge in [-0.1, -0.05) is 12.1 Å². The Balaban J connectivity index is 2.36. The molecule has 2 atom stereocenters. The minimum Gasteiger partial charge on any atom is -0.495 e. The molecule has 1 aliphatic heterocycles. The first-order valence-electron chi connectivity index (χ1n) is 6.96. The van der Waals surface area contributed by atoms with Crippen LogP contribution >= 0.6 is 0 Å². The summed E-state index contributed by atoms with van der Waals surface area (Å²) in [6, 6.07) is 6.19. The average Bonchev–Trinajstić information content (AvgIpc) is 2.89. The minimum atomic E-state index is -4.50. The molecule has 0 radical (unpaired) electrons. The zero-order valence-electron chi connectivity index (χ0n) is 12.4. The van der Waals surface area contributed by atoms with Crippen molar-refractivity contribution in [3.05, 3.63) is 24.3 Å². The molecule has 1 fully saturated rings. The summed E-state index contributed by atoms with van der Waals surface area (Å²) in [5.74, 6) is -0.939. The highest BCUT2D eigenvalue weighted by Gasteiger charge is 2.40. The van der Waals surface area contributed by atoms with Crippen LogP contribution in [0.3, 0.4) is 0 Å². The quantitative estimate of drug-likeness (QED) is 0.857. The van der Waals surface area contributed by atoms with E-state index in [1.807, 2.05) is 0 Å². The lowest BCUT2D eigenvalue weighted by molar-refractivity contribution is -0.135. The van der Waals surface area contributed by atoms with Crippen LogP contribution in [-0.4, -0.2) is 38.4 Å². The number of ether oxygens (including phenoxy) is 2. The lowest BCUT2D eigenvalue weighted by Gasteiger charge is -2.28. The Bertz CT molecular complexity index is 533. The van der Waals surface area contributed by atoms with Gasteiger partial charge in [0.15, 0.2) is 0 Å². The number of para-hydroxylation sites is 2. The molecule has 7 heteroatoms. The van der Waals surface area contributed by atoms with Crippen molar-refractivity contribution in [1.29, 1.82) is 0 Å². The topological polar surface area (TPSA) is 38.8 Å². The van der Waals surface area contributed by atoms with Crippen molar-refractivity contribution in [3.8, 4) is 5.75 Å². The number of halogens is 3. The number of rotatable bonds is 4. The molecule has 1 aromatic carbocycles. The summed E-state index contributed by atoms with van der Waals surface area (Å²) in [5, 5.41) is 0. The highest BCUT2D eigenvalue weighted by Crippen LogP contribution is 2.33. The van der Waals surface area contributed by atoms with Crippen LogP contribution < -0.4 is 9.64 Å². The number of benzene rings is 1. The van der Waals surface area contributed by atoms with E-state index in [0.29, 0.717) is 13.0 Å². The summed E-state index contributed by atoms with van der Waals surface area (Å²) in [5.41, 5.74) is 0.117. The maximum absolute atomic E-state index is 12.9. The van der Waals surface area contributed by atoms with Crippen LogP contribution in [0.2, 0.25) is 0 Å². The second-order valence-electron chi connectivity index (χ2n) is 5.18. The van der Waals surface area contributed by atoms with Gasteiger partial charge in [-0.15, -0.1) is 0 Å². The lowest BCUT2D eigenvalue weighted by atomic mass is 10.0. The third kappa shape index (κ3) is 3.71. The number of nitrogens with zero attached hydrogens (tertiary/aromatic N) is 1. The molecule has 2 rings (SSSR count). The Morgan fingerprint density at radius 1 is 1.41 bits per heavy atom. The molecule has 0 aromatic heterocycles. The summed E-state index contributed by atoms with van der Waals surface area (Å²) in [7, 11) is 1.36. The first kappa shape index (κ1) is 16.6. The van der Waals surface area contributed by atoms with Crippen molar-refractivity contribution in [3.63, 3.8) is 0 Å². The zero-order chi connectivity index (χ0) is 16.3. The van der Waals surface area contributed by atoms with Gasteiger partial charge in [0.05, 0.1) is 24.8 Å². The van der Waals surface area contributed by atoms with Crippen LogP contribution in [0.1, 0.15) is 13.3 Å². The van der Waals surface area contributed by atoms with Crippen molar-refractivity contribution in [2.45, 2.75) is 25.6 Å². The van der Waals surface area contributed by atoms with Crippen molar-refractivity contribution >= 4 is 11.6 Å². The third-order valence-corrected chi connectivity index (χ3v) is 3.67. The molecule has 1 aliphatic rings. The predicted octanol–water partition coefficient (Wildman–Crippen LogP) is 3.02. The van der Waals surface area contributed by atoms with Gasteiger partial charge in [0, 0.05) is 6.61 Å². The van der Waals surface area contributed by atoms with Crippen LogP contribution in [-0.2, 0) is 9.53 Å². The molecule has 1 heterocycles. The highest BCUT2D eigenvalue weighted by atomic mass is 19.4. The van der Waals surface area contributed by atoms with E-state index in [9.17, 15) is 18.0 Å². The van der Waals surface area contributed by atoms with E-state index < -0.39 is 30.7 Å². The lowest BCUT2D eigenvalue weighted by Crippen LogP contribution is -2.44. The third-order valence-electron chi connectivity index (χ3n) is 3.67. The maximum Gasteiger partial charge on any atom is 0.406 e. The van der Waals surface area contributed by atoms with E-state index >= 15 is 0 Å². The molecule has 0 unspecified atom stereocenters. The largest absolute Gasteiger partial charge is 0.495 e. The van der Waals surface area contributed by atoms with E-state index in [1.54, 1.807) is 19.1 Å². The second kappa shape index (κ2) is 6.56. The Labute approximate surface area is 126 Å². The number of amides is 1. The van der Waals surface area contributed by atoms with E-state index in [1.165, 1.54) is 19.2 Å². The SMILES string of the molecule is COc1ccccc1N(CC(F)(F)F)C(=O)[C@@H]1CCO[C@H]1C. The van der Waals surface area contributed by atoms with Gasteiger partial charge in [-0.05, 0) is 25.5 Å². The van der Waals surface area contributed by atoms with Gasteiger partial charge in [0.2, 0.25) is 5.91 Å². The highest BCUT2D eigenvalue weighted by molar-refractivity contribution is 5.97. The van der Waals surface area contributed by atoms with Gasteiger partial charge >= 0.3 is 6.18 Å². The molecule has 0 N–H and O–H groups in total. The summed E-state index contributed by atoms with van der Waals surface area (Å²) >= 11 is 0. The Morgan fingerprint density at radius 3 is 2.64 bits per heavy atom. The first-order valence-corrected chi connectivity index (χ1v) is 6.96. The fourth-order valence-corrected chi connectivity index (χ4v) is 2.57. The number of alkyl halides is 3. The van der Waals surface area contributed by atoms with E-state index in [0.717, 1.165) is 4.90 Å². The maximum atomic E-state index is 12.9.